The van der Waals surface area contributed by atoms with Crippen LogP contribution < -0.4 is 20.3 Å². The van der Waals surface area contributed by atoms with Crippen LogP contribution in [0.25, 0.3) is 0 Å². The summed E-state index contributed by atoms with van der Waals surface area (Å²) < 4.78 is 12.0. The molecule has 28 heavy (non-hydrogen) atoms. The number of rotatable bonds is 5. The zero-order chi connectivity index (χ0) is 19.5. The number of carbonyl (C=O) groups excluding carboxylic acids is 1. The Kier molecular flexibility index (Phi) is 4.80. The van der Waals surface area contributed by atoms with Crippen LogP contribution in [0, 0.1) is 0 Å². The highest BCUT2D eigenvalue weighted by Crippen LogP contribution is 2.34. The SMILES string of the molecule is CC(NC(=O)c1ccc(=O)n(Cc2ccccc2)n1)c1ccc2c(c1)OCO2. The maximum Gasteiger partial charge on any atom is 0.272 e. The topological polar surface area (TPSA) is 82.5 Å². The van der Waals surface area contributed by atoms with E-state index in [1.54, 1.807) is 0 Å². The Labute approximate surface area is 161 Å². The second kappa shape index (κ2) is 7.56. The van der Waals surface area contributed by atoms with E-state index >= 15 is 0 Å². The largest absolute Gasteiger partial charge is 0.454 e. The Balaban J connectivity index is 1.50. The first kappa shape index (κ1) is 17.8. The normalized spacial score (nSPS) is 13.2. The van der Waals surface area contributed by atoms with E-state index in [0.29, 0.717) is 18.0 Å². The monoisotopic (exact) mass is 377 g/mol. The zero-order valence-corrected chi connectivity index (χ0v) is 15.3. The Morgan fingerprint density at radius 3 is 2.71 bits per heavy atom. The first-order valence-corrected chi connectivity index (χ1v) is 8.92. The minimum Gasteiger partial charge on any atom is -0.454 e. The molecule has 1 aliphatic rings. The smallest absolute Gasteiger partial charge is 0.272 e. The molecule has 142 valence electrons. The van der Waals surface area contributed by atoms with Crippen molar-refractivity contribution in [2.24, 2.45) is 0 Å². The van der Waals surface area contributed by atoms with E-state index in [9.17, 15) is 9.59 Å². The van der Waals surface area contributed by atoms with Crippen LogP contribution in [-0.2, 0) is 6.54 Å². The van der Waals surface area contributed by atoms with Gasteiger partial charge in [-0.1, -0.05) is 36.4 Å². The van der Waals surface area contributed by atoms with Crippen LogP contribution in [0.15, 0.2) is 65.5 Å². The molecule has 2 aromatic carbocycles. The van der Waals surface area contributed by atoms with Gasteiger partial charge in [0.1, 0.15) is 5.69 Å². The van der Waals surface area contributed by atoms with Crippen LogP contribution in [-0.4, -0.2) is 22.5 Å². The summed E-state index contributed by atoms with van der Waals surface area (Å²) in [5.41, 5.74) is 1.74. The highest BCUT2D eigenvalue weighted by molar-refractivity contribution is 5.92. The van der Waals surface area contributed by atoms with Gasteiger partial charge in [0, 0.05) is 6.07 Å². The molecule has 0 spiro atoms. The molecular formula is C21H19N3O4. The van der Waals surface area contributed by atoms with Crippen LogP contribution in [0.3, 0.4) is 0 Å². The Hall–Kier alpha value is -3.61. The first-order valence-electron chi connectivity index (χ1n) is 8.92. The van der Waals surface area contributed by atoms with Crippen molar-refractivity contribution in [3.63, 3.8) is 0 Å². The predicted molar refractivity (Wildman–Crippen MR) is 102 cm³/mol. The molecule has 0 saturated carbocycles. The summed E-state index contributed by atoms with van der Waals surface area (Å²) in [6.07, 6.45) is 0. The summed E-state index contributed by atoms with van der Waals surface area (Å²) in [6, 6.07) is 17.6. The number of fused-ring (bicyclic) bond motifs is 1. The van der Waals surface area contributed by atoms with E-state index in [1.807, 2.05) is 55.5 Å². The van der Waals surface area contributed by atoms with Gasteiger partial charge in [-0.05, 0) is 36.2 Å². The van der Waals surface area contributed by atoms with Gasteiger partial charge >= 0.3 is 0 Å². The lowest BCUT2D eigenvalue weighted by Gasteiger charge is -2.15. The summed E-state index contributed by atoms with van der Waals surface area (Å²) in [6.45, 7) is 2.38. The molecule has 1 amide bonds. The zero-order valence-electron chi connectivity index (χ0n) is 15.3. The molecule has 0 fully saturated rings. The van der Waals surface area contributed by atoms with E-state index < -0.39 is 0 Å². The summed E-state index contributed by atoms with van der Waals surface area (Å²) in [7, 11) is 0. The molecule has 1 atom stereocenters. The summed E-state index contributed by atoms with van der Waals surface area (Å²) in [5.74, 6) is 0.997. The fourth-order valence-electron chi connectivity index (χ4n) is 2.98. The number of aromatic nitrogens is 2. The molecule has 1 N–H and O–H groups in total. The van der Waals surface area contributed by atoms with E-state index in [2.05, 4.69) is 10.4 Å². The second-order valence-corrected chi connectivity index (χ2v) is 6.51. The minimum absolute atomic E-state index is 0.183. The quantitative estimate of drug-likeness (QED) is 0.739. The summed E-state index contributed by atoms with van der Waals surface area (Å²) in [4.78, 5) is 24.7. The van der Waals surface area contributed by atoms with Crippen LogP contribution in [0.1, 0.15) is 34.6 Å². The number of carbonyl (C=O) groups is 1. The maximum absolute atomic E-state index is 12.6. The lowest BCUT2D eigenvalue weighted by atomic mass is 10.1. The Morgan fingerprint density at radius 1 is 1.11 bits per heavy atom. The van der Waals surface area contributed by atoms with Gasteiger partial charge in [-0.3, -0.25) is 9.59 Å². The second-order valence-electron chi connectivity index (χ2n) is 6.51. The third-order valence-corrected chi connectivity index (χ3v) is 4.52. The molecule has 0 aliphatic carbocycles. The van der Waals surface area contributed by atoms with Crippen LogP contribution in [0.5, 0.6) is 11.5 Å². The number of amides is 1. The van der Waals surface area contributed by atoms with Gasteiger partial charge in [-0.2, -0.15) is 5.10 Å². The van der Waals surface area contributed by atoms with Crippen molar-refractivity contribution in [3.8, 4) is 11.5 Å². The van der Waals surface area contributed by atoms with Crippen molar-refractivity contribution in [1.29, 1.82) is 0 Å². The first-order chi connectivity index (χ1) is 13.6. The fourth-order valence-corrected chi connectivity index (χ4v) is 2.98. The Bertz CT molecular complexity index is 1060. The predicted octanol–water partition coefficient (Wildman–Crippen LogP) is 2.51. The van der Waals surface area contributed by atoms with Gasteiger partial charge < -0.3 is 14.8 Å². The Morgan fingerprint density at radius 2 is 1.89 bits per heavy atom. The summed E-state index contributed by atoms with van der Waals surface area (Å²) in [5, 5.41) is 7.12. The number of hydrogen-bond acceptors (Lipinski definition) is 5. The molecular weight excluding hydrogens is 358 g/mol. The molecule has 1 aromatic heterocycles. The van der Waals surface area contributed by atoms with Crippen molar-refractivity contribution in [1.82, 2.24) is 15.1 Å². The number of benzene rings is 2. The van der Waals surface area contributed by atoms with Gasteiger partial charge in [-0.25, -0.2) is 4.68 Å². The molecule has 3 aromatic rings. The molecule has 4 rings (SSSR count). The maximum atomic E-state index is 12.6. The lowest BCUT2D eigenvalue weighted by molar-refractivity contribution is 0.0932. The highest BCUT2D eigenvalue weighted by Gasteiger charge is 2.18. The third kappa shape index (κ3) is 3.73. The standard InChI is InChI=1S/C21H19N3O4/c1-14(16-7-9-18-19(11-16)28-13-27-18)22-21(26)17-8-10-20(25)24(23-17)12-15-5-3-2-4-6-15/h2-11,14H,12-13H2,1H3,(H,22,26). The third-order valence-electron chi connectivity index (χ3n) is 4.52. The average molecular weight is 377 g/mol. The molecule has 0 bridgehead atoms. The van der Waals surface area contributed by atoms with Gasteiger partial charge in [0.05, 0.1) is 12.6 Å². The average Bonchev–Trinajstić information content (AvgIpc) is 3.18. The molecule has 0 radical (unpaired) electrons. The summed E-state index contributed by atoms with van der Waals surface area (Å²) >= 11 is 0. The number of nitrogens with one attached hydrogen (secondary N) is 1. The van der Waals surface area contributed by atoms with Crippen molar-refractivity contribution in [3.05, 3.63) is 87.8 Å². The van der Waals surface area contributed by atoms with Crippen molar-refractivity contribution in [2.45, 2.75) is 19.5 Å². The fraction of sp³-hybridized carbons (Fsp3) is 0.190. The molecule has 1 aliphatic heterocycles. The van der Waals surface area contributed by atoms with Gasteiger partial charge in [-0.15, -0.1) is 0 Å². The number of ether oxygens (including phenoxy) is 2. The number of nitrogens with zero attached hydrogens (tertiary/aromatic N) is 2. The van der Waals surface area contributed by atoms with Crippen molar-refractivity contribution < 1.29 is 14.3 Å². The lowest BCUT2D eigenvalue weighted by Crippen LogP contribution is -2.31. The molecule has 2 heterocycles. The van der Waals surface area contributed by atoms with E-state index in [0.717, 1.165) is 11.1 Å². The molecule has 1 unspecified atom stereocenters. The minimum atomic E-state index is -0.355. The van der Waals surface area contributed by atoms with E-state index in [4.69, 9.17) is 9.47 Å². The van der Waals surface area contributed by atoms with Crippen LogP contribution >= 0.6 is 0 Å². The van der Waals surface area contributed by atoms with Gasteiger partial charge in [0.2, 0.25) is 6.79 Å². The highest BCUT2D eigenvalue weighted by atomic mass is 16.7. The number of hydrogen-bond donors (Lipinski definition) is 1. The molecule has 0 saturated heterocycles. The van der Waals surface area contributed by atoms with E-state index in [-0.39, 0.29) is 30.0 Å². The van der Waals surface area contributed by atoms with Crippen molar-refractivity contribution >= 4 is 5.91 Å². The van der Waals surface area contributed by atoms with Crippen LogP contribution in [0.2, 0.25) is 0 Å². The van der Waals surface area contributed by atoms with Gasteiger partial charge in [0.25, 0.3) is 11.5 Å². The van der Waals surface area contributed by atoms with E-state index in [1.165, 1.54) is 16.8 Å². The molecule has 7 nitrogen and oxygen atoms in total. The van der Waals surface area contributed by atoms with Crippen LogP contribution in [0.4, 0.5) is 0 Å². The molecule has 7 heteroatoms. The van der Waals surface area contributed by atoms with Crippen molar-refractivity contribution in [2.75, 3.05) is 6.79 Å². The van der Waals surface area contributed by atoms with Gasteiger partial charge in [0.15, 0.2) is 11.5 Å².